The molecule has 0 amide bonds. The molecule has 34 heavy (non-hydrogen) atoms. The number of hydrogen-bond acceptors (Lipinski definition) is 6. The van der Waals surface area contributed by atoms with Crippen LogP contribution < -0.4 is 0 Å². The van der Waals surface area contributed by atoms with E-state index in [1.54, 1.807) is 19.1 Å². The van der Waals surface area contributed by atoms with Gasteiger partial charge in [0.1, 0.15) is 6.10 Å². The topological polar surface area (TPSA) is 90.0 Å². The first-order valence-electron chi connectivity index (χ1n) is 12.2. The average molecular weight is 498 g/mol. The van der Waals surface area contributed by atoms with Gasteiger partial charge in [-0.2, -0.15) is 0 Å². The predicted octanol–water partition coefficient (Wildman–Crippen LogP) is 4.99. The third kappa shape index (κ3) is 13.1. The van der Waals surface area contributed by atoms with Gasteiger partial charge in [0, 0.05) is 20.0 Å². The van der Waals surface area contributed by atoms with E-state index in [0.29, 0.717) is 50.9 Å². The Morgan fingerprint density at radius 2 is 1.59 bits per heavy atom. The molecule has 1 rings (SSSR count). The van der Waals surface area contributed by atoms with Crippen molar-refractivity contribution in [3.63, 3.8) is 0 Å². The van der Waals surface area contributed by atoms with Gasteiger partial charge in [-0.15, -0.1) is 0 Å². The van der Waals surface area contributed by atoms with Gasteiger partial charge in [0.15, 0.2) is 0 Å². The number of benzene rings is 1. The summed E-state index contributed by atoms with van der Waals surface area (Å²) in [7, 11) is -3.34. The first-order valence-corrected chi connectivity index (χ1v) is 14.0. The molecule has 194 valence electrons. The maximum Gasteiger partial charge on any atom is 0.338 e. The number of aryl methyl sites for hydroxylation is 1. The summed E-state index contributed by atoms with van der Waals surface area (Å²) in [6.07, 6.45) is 6.50. The number of carbonyl (C=O) groups excluding carboxylic acids is 2. The lowest BCUT2D eigenvalue weighted by Gasteiger charge is -2.23. The Hall–Kier alpha value is -1.93. The molecule has 0 saturated carbocycles. The molecule has 1 aromatic rings. The van der Waals surface area contributed by atoms with Gasteiger partial charge in [0.25, 0.3) is 0 Å². The number of nitrogens with zero attached hydrogens (tertiary/aromatic N) is 1. The summed E-state index contributed by atoms with van der Waals surface area (Å²) in [5.74, 6) is -0.641. The summed E-state index contributed by atoms with van der Waals surface area (Å²) in [6, 6.07) is 7.21. The molecular formula is C26H43NO6S. The van der Waals surface area contributed by atoms with Gasteiger partial charge in [-0.25, -0.2) is 17.5 Å². The lowest BCUT2D eigenvalue weighted by atomic mass is 9.89. The Morgan fingerprint density at radius 3 is 2.12 bits per heavy atom. The van der Waals surface area contributed by atoms with Crippen LogP contribution in [0.15, 0.2) is 24.3 Å². The molecule has 0 aliphatic heterocycles. The zero-order chi connectivity index (χ0) is 25.8. The lowest BCUT2D eigenvalue weighted by Crippen LogP contribution is -2.33. The third-order valence-corrected chi connectivity index (χ3v) is 6.83. The second kappa shape index (κ2) is 14.5. The van der Waals surface area contributed by atoms with Crippen LogP contribution in [-0.2, 0) is 30.7 Å². The smallest absolute Gasteiger partial charge is 0.338 e. The van der Waals surface area contributed by atoms with Crippen LogP contribution in [0, 0.1) is 5.41 Å². The van der Waals surface area contributed by atoms with E-state index in [4.69, 9.17) is 9.47 Å². The minimum absolute atomic E-state index is 0.181. The Kier molecular flexibility index (Phi) is 12.8. The molecule has 0 aromatic heterocycles. The highest BCUT2D eigenvalue weighted by Gasteiger charge is 2.19. The fourth-order valence-corrected chi connectivity index (χ4v) is 4.70. The number of sulfonamides is 1. The molecule has 0 N–H and O–H groups in total. The van der Waals surface area contributed by atoms with E-state index in [2.05, 4.69) is 20.8 Å². The largest absolute Gasteiger partial charge is 0.463 e. The second-order valence-corrected chi connectivity index (χ2v) is 12.0. The second-order valence-electron chi connectivity index (χ2n) is 10.0. The fraction of sp³-hybridized carbons (Fsp3) is 0.692. The minimum Gasteiger partial charge on any atom is -0.463 e. The maximum atomic E-state index is 12.3. The number of hydrogen-bond donors (Lipinski definition) is 0. The normalized spacial score (nSPS) is 13.0. The molecule has 0 aliphatic carbocycles. The average Bonchev–Trinajstić information content (AvgIpc) is 2.71. The van der Waals surface area contributed by atoms with Gasteiger partial charge in [0.05, 0.1) is 18.4 Å². The van der Waals surface area contributed by atoms with Gasteiger partial charge in [0.2, 0.25) is 10.0 Å². The van der Waals surface area contributed by atoms with E-state index in [-0.39, 0.29) is 23.5 Å². The van der Waals surface area contributed by atoms with Crippen molar-refractivity contribution in [1.82, 2.24) is 4.31 Å². The van der Waals surface area contributed by atoms with E-state index in [1.807, 2.05) is 12.1 Å². The predicted molar refractivity (Wildman–Crippen MR) is 135 cm³/mol. The Morgan fingerprint density at radius 1 is 1.00 bits per heavy atom. The molecule has 0 radical (unpaired) electrons. The van der Waals surface area contributed by atoms with E-state index < -0.39 is 10.0 Å². The van der Waals surface area contributed by atoms with Crippen molar-refractivity contribution < 1.29 is 27.5 Å². The summed E-state index contributed by atoms with van der Waals surface area (Å²) < 4.78 is 36.5. The van der Waals surface area contributed by atoms with Gasteiger partial charge >= 0.3 is 11.9 Å². The molecule has 7 nitrogen and oxygen atoms in total. The monoisotopic (exact) mass is 497 g/mol. The number of ether oxygens (including phenoxy) is 2. The molecule has 0 bridgehead atoms. The van der Waals surface area contributed by atoms with Crippen LogP contribution in [0.2, 0.25) is 0 Å². The van der Waals surface area contributed by atoms with E-state index in [0.717, 1.165) is 24.8 Å². The van der Waals surface area contributed by atoms with Crippen LogP contribution in [-0.4, -0.2) is 56.7 Å². The summed E-state index contributed by atoms with van der Waals surface area (Å²) in [5.41, 5.74) is 1.77. The van der Waals surface area contributed by atoms with Crippen LogP contribution in [0.5, 0.6) is 0 Å². The fourth-order valence-electron chi connectivity index (χ4n) is 3.78. The van der Waals surface area contributed by atoms with Gasteiger partial charge < -0.3 is 9.47 Å². The standard InChI is InChI=1S/C26H43NO6S/c1-7-32-25(29)23-16-14-22(15-17-23)11-9-19-27(34(6,30)31)20-10-13-24(33-21(2)28)12-8-18-26(3,4)5/h14-17,24H,7-13,18-20H2,1-6H3. The van der Waals surface area contributed by atoms with Crippen molar-refractivity contribution in [2.75, 3.05) is 26.0 Å². The zero-order valence-electron chi connectivity index (χ0n) is 21.8. The molecule has 1 unspecified atom stereocenters. The Balaban J connectivity index is 2.56. The van der Waals surface area contributed by atoms with Crippen molar-refractivity contribution in [2.24, 2.45) is 5.41 Å². The molecule has 8 heteroatoms. The summed E-state index contributed by atoms with van der Waals surface area (Å²) in [5, 5.41) is 0. The van der Waals surface area contributed by atoms with E-state index >= 15 is 0 Å². The van der Waals surface area contributed by atoms with Gasteiger partial charge in [-0.05, 0) is 75.0 Å². The van der Waals surface area contributed by atoms with Crippen LogP contribution >= 0.6 is 0 Å². The van der Waals surface area contributed by atoms with Crippen LogP contribution in [0.1, 0.15) is 89.1 Å². The Bertz CT molecular complexity index is 858. The zero-order valence-corrected chi connectivity index (χ0v) is 22.6. The number of esters is 2. The summed E-state index contributed by atoms with van der Waals surface area (Å²) >= 11 is 0. The number of rotatable bonds is 15. The first kappa shape index (κ1) is 30.1. The molecule has 0 aliphatic rings. The highest BCUT2D eigenvalue weighted by atomic mass is 32.2. The summed E-state index contributed by atoms with van der Waals surface area (Å²) in [4.78, 5) is 23.2. The third-order valence-electron chi connectivity index (χ3n) is 5.53. The molecule has 0 saturated heterocycles. The van der Waals surface area contributed by atoms with E-state index in [1.165, 1.54) is 17.5 Å². The van der Waals surface area contributed by atoms with Gasteiger partial charge in [-0.1, -0.05) is 32.9 Å². The highest BCUT2D eigenvalue weighted by molar-refractivity contribution is 7.88. The maximum absolute atomic E-state index is 12.3. The van der Waals surface area contributed by atoms with Crippen LogP contribution in [0.3, 0.4) is 0 Å². The number of carbonyl (C=O) groups is 2. The van der Waals surface area contributed by atoms with Crippen molar-refractivity contribution in [3.8, 4) is 0 Å². The molecular weight excluding hydrogens is 454 g/mol. The van der Waals surface area contributed by atoms with Crippen molar-refractivity contribution in [2.45, 2.75) is 85.7 Å². The quantitative estimate of drug-likeness (QED) is 0.317. The minimum atomic E-state index is -3.34. The lowest BCUT2D eigenvalue weighted by molar-refractivity contribution is -0.147. The molecule has 1 aromatic carbocycles. The first-order chi connectivity index (χ1) is 15.8. The van der Waals surface area contributed by atoms with E-state index in [9.17, 15) is 18.0 Å². The van der Waals surface area contributed by atoms with Crippen LogP contribution in [0.4, 0.5) is 0 Å². The molecule has 0 spiro atoms. The Labute approximate surface area is 206 Å². The van der Waals surface area contributed by atoms with Crippen molar-refractivity contribution in [1.29, 1.82) is 0 Å². The van der Waals surface area contributed by atoms with Crippen molar-refractivity contribution >= 4 is 22.0 Å². The molecule has 0 heterocycles. The van der Waals surface area contributed by atoms with Gasteiger partial charge in [-0.3, -0.25) is 4.79 Å². The molecule has 1 atom stereocenters. The highest BCUT2D eigenvalue weighted by Crippen LogP contribution is 2.23. The molecule has 0 fully saturated rings. The SMILES string of the molecule is CCOC(=O)c1ccc(CCCN(CCCC(CCCC(C)(C)C)OC(C)=O)S(C)(=O)=O)cc1. The van der Waals surface area contributed by atoms with Crippen LogP contribution in [0.25, 0.3) is 0 Å². The van der Waals surface area contributed by atoms with Crippen molar-refractivity contribution in [3.05, 3.63) is 35.4 Å². The summed E-state index contributed by atoms with van der Waals surface area (Å²) in [6.45, 7) is 10.9.